The van der Waals surface area contributed by atoms with E-state index in [1.807, 2.05) is 37.3 Å². The summed E-state index contributed by atoms with van der Waals surface area (Å²) < 4.78 is 5.09. The van der Waals surface area contributed by atoms with Crippen molar-refractivity contribution in [2.24, 2.45) is 0 Å². The predicted molar refractivity (Wildman–Crippen MR) is 75.1 cm³/mol. The van der Waals surface area contributed by atoms with Gasteiger partial charge in [0.05, 0.1) is 12.1 Å². The SMILES string of the molecule is CCC(C)(O)C(Cl)=C=CCc1ccc(OC)cc1. The van der Waals surface area contributed by atoms with E-state index < -0.39 is 5.60 Å². The van der Waals surface area contributed by atoms with Gasteiger partial charge in [0.1, 0.15) is 11.4 Å². The standard InChI is InChI=1S/C15H19ClO2/c1-4-15(2,17)14(16)7-5-6-12-8-10-13(18-3)11-9-12/h5,8-11,17H,4,6H2,1-3H3. The lowest BCUT2D eigenvalue weighted by Gasteiger charge is -2.18. The first-order valence-electron chi connectivity index (χ1n) is 5.96. The molecule has 0 saturated carbocycles. The van der Waals surface area contributed by atoms with Gasteiger partial charge in [-0.15, -0.1) is 5.73 Å². The zero-order valence-electron chi connectivity index (χ0n) is 11.0. The summed E-state index contributed by atoms with van der Waals surface area (Å²) in [6.45, 7) is 3.57. The summed E-state index contributed by atoms with van der Waals surface area (Å²) in [4.78, 5) is 0. The molecule has 0 fully saturated rings. The molecule has 0 spiro atoms. The maximum absolute atomic E-state index is 9.89. The Labute approximate surface area is 114 Å². The smallest absolute Gasteiger partial charge is 0.118 e. The minimum Gasteiger partial charge on any atom is -0.497 e. The summed E-state index contributed by atoms with van der Waals surface area (Å²) in [5.41, 5.74) is 3.08. The largest absolute Gasteiger partial charge is 0.497 e. The highest BCUT2D eigenvalue weighted by Crippen LogP contribution is 2.22. The molecule has 3 heteroatoms. The first-order valence-corrected chi connectivity index (χ1v) is 6.34. The molecule has 0 heterocycles. The van der Waals surface area contributed by atoms with Gasteiger partial charge in [0, 0.05) is 0 Å². The van der Waals surface area contributed by atoms with Gasteiger partial charge in [-0.1, -0.05) is 30.7 Å². The molecule has 1 N–H and O–H groups in total. The number of ether oxygens (including phenoxy) is 1. The van der Waals surface area contributed by atoms with Crippen LogP contribution in [0.3, 0.4) is 0 Å². The van der Waals surface area contributed by atoms with E-state index in [2.05, 4.69) is 5.73 Å². The first kappa shape index (κ1) is 14.8. The molecule has 0 bridgehead atoms. The molecule has 0 aliphatic carbocycles. The average molecular weight is 267 g/mol. The minimum atomic E-state index is -0.988. The molecule has 0 amide bonds. The van der Waals surface area contributed by atoms with Gasteiger partial charge in [0.15, 0.2) is 0 Å². The molecular weight excluding hydrogens is 248 g/mol. The van der Waals surface area contributed by atoms with E-state index in [4.69, 9.17) is 16.3 Å². The lowest BCUT2D eigenvalue weighted by atomic mass is 10.0. The minimum absolute atomic E-state index is 0.346. The molecule has 0 saturated heterocycles. The van der Waals surface area contributed by atoms with Gasteiger partial charge in [-0.25, -0.2) is 0 Å². The summed E-state index contributed by atoms with van der Waals surface area (Å²) in [6, 6.07) is 7.80. The second kappa shape index (κ2) is 6.65. The summed E-state index contributed by atoms with van der Waals surface area (Å²) in [5, 5.41) is 10.2. The Balaban J connectivity index is 2.71. The molecule has 18 heavy (non-hydrogen) atoms. The fourth-order valence-corrected chi connectivity index (χ4v) is 1.54. The Bertz CT molecular complexity index is 440. The van der Waals surface area contributed by atoms with Crippen molar-refractivity contribution in [1.29, 1.82) is 0 Å². The summed E-state index contributed by atoms with van der Waals surface area (Å²) in [5.74, 6) is 0.838. The van der Waals surface area contributed by atoms with Crippen molar-refractivity contribution < 1.29 is 9.84 Å². The van der Waals surface area contributed by atoms with Crippen LogP contribution in [0.2, 0.25) is 0 Å². The van der Waals surface area contributed by atoms with Crippen molar-refractivity contribution in [3.8, 4) is 5.75 Å². The van der Waals surface area contributed by atoms with E-state index in [1.165, 1.54) is 0 Å². The highest BCUT2D eigenvalue weighted by atomic mass is 35.5. The molecule has 0 aliphatic heterocycles. The molecule has 1 atom stereocenters. The van der Waals surface area contributed by atoms with Crippen LogP contribution in [0.15, 0.2) is 41.1 Å². The molecule has 0 aliphatic rings. The Hall–Kier alpha value is -1.21. The molecule has 1 unspecified atom stereocenters. The van der Waals surface area contributed by atoms with Gasteiger partial charge in [-0.2, -0.15) is 0 Å². The van der Waals surface area contributed by atoms with Gasteiger partial charge in [-0.05, 0) is 43.5 Å². The molecule has 98 valence electrons. The molecule has 1 rings (SSSR count). The van der Waals surface area contributed by atoms with Gasteiger partial charge in [0.25, 0.3) is 0 Å². The fourth-order valence-electron chi connectivity index (χ4n) is 1.33. The normalized spacial score (nSPS) is 13.4. The van der Waals surface area contributed by atoms with E-state index in [1.54, 1.807) is 14.0 Å². The summed E-state index contributed by atoms with van der Waals surface area (Å²) >= 11 is 5.99. The van der Waals surface area contributed by atoms with Crippen molar-refractivity contribution in [3.05, 3.63) is 46.7 Å². The number of benzene rings is 1. The number of rotatable bonds is 5. The van der Waals surface area contributed by atoms with Crippen molar-refractivity contribution in [1.82, 2.24) is 0 Å². The zero-order chi connectivity index (χ0) is 13.6. The Kier molecular flexibility index (Phi) is 5.49. The maximum atomic E-state index is 9.89. The predicted octanol–water partition coefficient (Wildman–Crippen LogP) is 3.68. The van der Waals surface area contributed by atoms with Crippen LogP contribution in [0.4, 0.5) is 0 Å². The van der Waals surface area contributed by atoms with E-state index in [0.29, 0.717) is 11.5 Å². The van der Waals surface area contributed by atoms with Crippen LogP contribution < -0.4 is 4.74 Å². The average Bonchev–Trinajstić information content (AvgIpc) is 2.39. The van der Waals surface area contributed by atoms with E-state index >= 15 is 0 Å². The van der Waals surface area contributed by atoms with Crippen molar-refractivity contribution in [2.75, 3.05) is 7.11 Å². The highest BCUT2D eigenvalue weighted by Gasteiger charge is 2.21. The van der Waals surface area contributed by atoms with Gasteiger partial charge >= 0.3 is 0 Å². The molecule has 0 aromatic heterocycles. The van der Waals surface area contributed by atoms with E-state index in [9.17, 15) is 5.11 Å². The second-order valence-corrected chi connectivity index (χ2v) is 4.72. The first-order chi connectivity index (χ1) is 8.49. The number of aliphatic hydroxyl groups is 1. The van der Waals surface area contributed by atoms with Crippen LogP contribution in [0, 0.1) is 0 Å². The molecule has 2 nitrogen and oxygen atoms in total. The summed E-state index contributed by atoms with van der Waals surface area (Å²) in [6.07, 6.45) is 3.11. The summed E-state index contributed by atoms with van der Waals surface area (Å²) in [7, 11) is 1.64. The van der Waals surface area contributed by atoms with Crippen molar-refractivity contribution >= 4 is 11.6 Å². The molecule has 0 radical (unpaired) electrons. The number of methoxy groups -OCH3 is 1. The van der Waals surface area contributed by atoms with Crippen molar-refractivity contribution in [3.63, 3.8) is 0 Å². The van der Waals surface area contributed by atoms with Crippen LogP contribution in [0.25, 0.3) is 0 Å². The Morgan fingerprint density at radius 3 is 2.56 bits per heavy atom. The van der Waals surface area contributed by atoms with Gasteiger partial charge in [0.2, 0.25) is 0 Å². The van der Waals surface area contributed by atoms with E-state index in [0.717, 1.165) is 17.7 Å². The quantitative estimate of drug-likeness (QED) is 0.824. The molecular formula is C15H19ClO2. The third kappa shape index (κ3) is 4.23. The molecule has 1 aromatic rings. The second-order valence-electron chi connectivity index (χ2n) is 4.34. The van der Waals surface area contributed by atoms with Crippen LogP contribution in [-0.2, 0) is 6.42 Å². The third-order valence-corrected chi connectivity index (χ3v) is 3.40. The van der Waals surface area contributed by atoms with Crippen molar-refractivity contribution in [2.45, 2.75) is 32.3 Å². The highest BCUT2D eigenvalue weighted by molar-refractivity contribution is 6.30. The Morgan fingerprint density at radius 2 is 2.06 bits per heavy atom. The number of hydrogen-bond donors (Lipinski definition) is 1. The topological polar surface area (TPSA) is 29.5 Å². The number of halogens is 1. The van der Waals surface area contributed by atoms with Gasteiger partial charge in [-0.3, -0.25) is 0 Å². The van der Waals surface area contributed by atoms with E-state index in [-0.39, 0.29) is 0 Å². The fraction of sp³-hybridized carbons (Fsp3) is 0.400. The van der Waals surface area contributed by atoms with Crippen LogP contribution in [0.1, 0.15) is 25.8 Å². The Morgan fingerprint density at radius 1 is 1.44 bits per heavy atom. The van der Waals surface area contributed by atoms with Crippen LogP contribution in [-0.4, -0.2) is 17.8 Å². The van der Waals surface area contributed by atoms with Crippen LogP contribution in [0.5, 0.6) is 5.75 Å². The third-order valence-electron chi connectivity index (χ3n) is 2.89. The lowest BCUT2D eigenvalue weighted by molar-refractivity contribution is 0.103. The number of hydrogen-bond acceptors (Lipinski definition) is 2. The van der Waals surface area contributed by atoms with Crippen LogP contribution >= 0.6 is 11.6 Å². The van der Waals surface area contributed by atoms with Gasteiger partial charge < -0.3 is 9.84 Å². The zero-order valence-corrected chi connectivity index (χ0v) is 11.8. The monoisotopic (exact) mass is 266 g/mol. The maximum Gasteiger partial charge on any atom is 0.118 e. The molecule has 1 aromatic carbocycles. The lowest BCUT2D eigenvalue weighted by Crippen LogP contribution is -2.22.